The van der Waals surface area contributed by atoms with Crippen molar-refractivity contribution in [1.29, 1.82) is 0 Å². The second-order valence-corrected chi connectivity index (χ2v) is 20.3. The average molecular weight is 920 g/mol. The lowest BCUT2D eigenvalue weighted by atomic mass is 10.0. The summed E-state index contributed by atoms with van der Waals surface area (Å²) in [5.41, 5.74) is 0. The van der Waals surface area contributed by atoms with E-state index in [4.69, 9.17) is 14.2 Å². The molecule has 0 rings (SSSR count). The predicted octanol–water partition coefficient (Wildman–Crippen LogP) is 19.5. The molecule has 0 aliphatic rings. The normalized spacial score (nSPS) is 11.9. The number of carbonyl (C=O) groups is 3. The van der Waals surface area contributed by atoms with E-state index >= 15 is 0 Å². The van der Waals surface area contributed by atoms with Crippen molar-refractivity contribution in [2.45, 2.75) is 348 Å². The van der Waals surface area contributed by atoms with Gasteiger partial charge in [-0.15, -0.1) is 0 Å². The molecule has 0 aromatic rings. The third-order valence-electron chi connectivity index (χ3n) is 13.6. The Hall–Kier alpha value is -1.59. The van der Waals surface area contributed by atoms with Gasteiger partial charge in [-0.25, -0.2) is 0 Å². The van der Waals surface area contributed by atoms with E-state index in [2.05, 4.69) is 20.8 Å². The zero-order valence-electron chi connectivity index (χ0n) is 44.3. The van der Waals surface area contributed by atoms with Gasteiger partial charge < -0.3 is 14.2 Å². The van der Waals surface area contributed by atoms with Gasteiger partial charge in [0.05, 0.1) is 0 Å². The molecule has 6 nitrogen and oxygen atoms in total. The van der Waals surface area contributed by atoms with E-state index in [0.29, 0.717) is 19.3 Å². The Morgan fingerprint density at radius 2 is 0.415 bits per heavy atom. The second-order valence-electron chi connectivity index (χ2n) is 20.3. The Morgan fingerprint density at radius 1 is 0.246 bits per heavy atom. The SMILES string of the molecule is CCCCCCCCCCCCCCCCCCCCC(=O)OC[C@H](COC(=O)CCCCCCCCCCCCCC)OC(=O)CCCCCCCCCCCCCCCCCCC. The predicted molar refractivity (Wildman–Crippen MR) is 280 cm³/mol. The summed E-state index contributed by atoms with van der Waals surface area (Å²) in [5, 5.41) is 0. The molecule has 0 N–H and O–H groups in total. The minimum atomic E-state index is -0.761. The van der Waals surface area contributed by atoms with E-state index in [0.717, 1.165) is 57.8 Å². The van der Waals surface area contributed by atoms with Crippen molar-refractivity contribution in [2.24, 2.45) is 0 Å². The van der Waals surface area contributed by atoms with Crippen LogP contribution in [-0.4, -0.2) is 37.2 Å². The second kappa shape index (κ2) is 55.0. The number of rotatable bonds is 55. The quantitative estimate of drug-likeness (QED) is 0.0344. The van der Waals surface area contributed by atoms with Gasteiger partial charge in [-0.1, -0.05) is 303 Å². The molecular weight excluding hydrogens is 805 g/mol. The summed E-state index contributed by atoms with van der Waals surface area (Å²) in [6.07, 6.45) is 60.9. The number of carbonyl (C=O) groups excluding carboxylic acids is 3. The smallest absolute Gasteiger partial charge is 0.306 e. The van der Waals surface area contributed by atoms with E-state index < -0.39 is 6.10 Å². The van der Waals surface area contributed by atoms with Crippen molar-refractivity contribution in [1.82, 2.24) is 0 Å². The molecule has 0 aromatic carbocycles. The van der Waals surface area contributed by atoms with E-state index in [9.17, 15) is 14.4 Å². The first-order valence-corrected chi connectivity index (χ1v) is 29.5. The molecule has 0 aliphatic heterocycles. The van der Waals surface area contributed by atoms with Crippen LogP contribution in [0.4, 0.5) is 0 Å². The Kier molecular flexibility index (Phi) is 53.7. The van der Waals surface area contributed by atoms with Crippen LogP contribution < -0.4 is 0 Å². The summed E-state index contributed by atoms with van der Waals surface area (Å²) in [6.45, 7) is 6.71. The van der Waals surface area contributed by atoms with Crippen LogP contribution in [0.15, 0.2) is 0 Å². The van der Waals surface area contributed by atoms with Gasteiger partial charge in [-0.05, 0) is 19.3 Å². The number of unbranched alkanes of at least 4 members (excludes halogenated alkanes) is 44. The molecule has 0 heterocycles. The fourth-order valence-corrected chi connectivity index (χ4v) is 9.15. The molecule has 0 saturated carbocycles. The van der Waals surface area contributed by atoms with Gasteiger partial charge in [-0.2, -0.15) is 0 Å². The summed E-state index contributed by atoms with van der Waals surface area (Å²) < 4.78 is 16.9. The number of hydrogen-bond acceptors (Lipinski definition) is 6. The molecule has 0 saturated heterocycles. The number of hydrogen-bond donors (Lipinski definition) is 0. The van der Waals surface area contributed by atoms with Gasteiger partial charge >= 0.3 is 17.9 Å². The van der Waals surface area contributed by atoms with E-state index in [1.54, 1.807) is 0 Å². The van der Waals surface area contributed by atoms with Crippen LogP contribution in [0.2, 0.25) is 0 Å². The Balaban J connectivity index is 4.26. The van der Waals surface area contributed by atoms with Crippen LogP contribution in [0.5, 0.6) is 0 Å². The third kappa shape index (κ3) is 53.2. The van der Waals surface area contributed by atoms with Gasteiger partial charge in [0.15, 0.2) is 6.10 Å². The molecule has 0 aromatic heterocycles. The van der Waals surface area contributed by atoms with Gasteiger partial charge in [0, 0.05) is 19.3 Å². The summed E-state index contributed by atoms with van der Waals surface area (Å²) in [5.74, 6) is -0.831. The van der Waals surface area contributed by atoms with Crippen LogP contribution in [0.1, 0.15) is 342 Å². The number of ether oxygens (including phenoxy) is 3. The summed E-state index contributed by atoms with van der Waals surface area (Å²) >= 11 is 0. The number of esters is 3. The third-order valence-corrected chi connectivity index (χ3v) is 13.6. The minimum Gasteiger partial charge on any atom is -0.462 e. The van der Waals surface area contributed by atoms with E-state index in [1.165, 1.54) is 244 Å². The molecule has 0 spiro atoms. The van der Waals surface area contributed by atoms with Crippen molar-refractivity contribution < 1.29 is 28.6 Å². The molecular formula is C59H114O6. The monoisotopic (exact) mass is 919 g/mol. The maximum atomic E-state index is 12.9. The fraction of sp³-hybridized carbons (Fsp3) is 0.949. The van der Waals surface area contributed by atoms with E-state index in [-0.39, 0.29) is 31.1 Å². The molecule has 0 radical (unpaired) electrons. The van der Waals surface area contributed by atoms with Gasteiger partial charge in [0.2, 0.25) is 0 Å². The van der Waals surface area contributed by atoms with Crippen LogP contribution in [0, 0.1) is 0 Å². The standard InChI is InChI=1S/C59H114O6/c1-4-7-10-13-16-19-22-25-27-29-31-32-34-37-40-43-46-49-52-58(61)64-55-56(54-63-57(60)51-48-45-42-39-36-24-21-18-15-12-9-6-3)65-59(62)53-50-47-44-41-38-35-33-30-28-26-23-20-17-14-11-8-5-2/h56H,4-55H2,1-3H3/t56-/m0/s1. The summed E-state index contributed by atoms with van der Waals surface area (Å²) in [7, 11) is 0. The maximum absolute atomic E-state index is 12.9. The summed E-state index contributed by atoms with van der Waals surface area (Å²) in [6, 6.07) is 0. The lowest BCUT2D eigenvalue weighted by Gasteiger charge is -2.18. The molecule has 0 fully saturated rings. The molecule has 0 aliphatic carbocycles. The molecule has 1 atom stereocenters. The average Bonchev–Trinajstić information content (AvgIpc) is 3.30. The first-order valence-electron chi connectivity index (χ1n) is 29.5. The van der Waals surface area contributed by atoms with Crippen LogP contribution >= 0.6 is 0 Å². The maximum Gasteiger partial charge on any atom is 0.306 e. The topological polar surface area (TPSA) is 78.9 Å². The first kappa shape index (κ1) is 63.4. The van der Waals surface area contributed by atoms with Crippen molar-refractivity contribution in [2.75, 3.05) is 13.2 Å². The minimum absolute atomic E-state index is 0.0610. The molecule has 0 bridgehead atoms. The highest BCUT2D eigenvalue weighted by Gasteiger charge is 2.19. The Labute approximate surface area is 406 Å². The van der Waals surface area contributed by atoms with Crippen molar-refractivity contribution in [3.8, 4) is 0 Å². The first-order chi connectivity index (χ1) is 32.0. The van der Waals surface area contributed by atoms with Gasteiger partial charge in [0.25, 0.3) is 0 Å². The van der Waals surface area contributed by atoms with Crippen LogP contribution in [0.3, 0.4) is 0 Å². The molecule has 386 valence electrons. The highest BCUT2D eigenvalue weighted by molar-refractivity contribution is 5.71. The highest BCUT2D eigenvalue weighted by Crippen LogP contribution is 2.18. The van der Waals surface area contributed by atoms with Crippen molar-refractivity contribution in [3.05, 3.63) is 0 Å². The fourth-order valence-electron chi connectivity index (χ4n) is 9.15. The van der Waals surface area contributed by atoms with Gasteiger partial charge in [-0.3, -0.25) is 14.4 Å². The van der Waals surface area contributed by atoms with Crippen LogP contribution in [-0.2, 0) is 28.6 Å². The summed E-state index contributed by atoms with van der Waals surface area (Å²) in [4.78, 5) is 38.1. The van der Waals surface area contributed by atoms with Crippen molar-refractivity contribution in [3.63, 3.8) is 0 Å². The van der Waals surface area contributed by atoms with Crippen molar-refractivity contribution >= 4 is 17.9 Å². The molecule has 65 heavy (non-hydrogen) atoms. The highest BCUT2D eigenvalue weighted by atomic mass is 16.6. The largest absolute Gasteiger partial charge is 0.462 e. The van der Waals surface area contributed by atoms with Crippen LogP contribution in [0.25, 0.3) is 0 Å². The zero-order valence-corrected chi connectivity index (χ0v) is 44.3. The van der Waals surface area contributed by atoms with E-state index in [1.807, 2.05) is 0 Å². The lowest BCUT2D eigenvalue weighted by molar-refractivity contribution is -0.167. The zero-order chi connectivity index (χ0) is 47.2. The Morgan fingerprint density at radius 3 is 0.615 bits per heavy atom. The molecule has 6 heteroatoms. The molecule has 0 unspecified atom stereocenters. The Bertz CT molecular complexity index is 967. The van der Waals surface area contributed by atoms with Gasteiger partial charge in [0.1, 0.15) is 13.2 Å². The molecule has 0 amide bonds. The lowest BCUT2D eigenvalue weighted by Crippen LogP contribution is -2.30.